The molecule has 0 heterocycles. The van der Waals surface area contributed by atoms with Crippen LogP contribution in [0.2, 0.25) is 0 Å². The Hall–Kier alpha value is -3.26. The highest BCUT2D eigenvalue weighted by Crippen LogP contribution is 2.18. The van der Waals surface area contributed by atoms with Crippen molar-refractivity contribution in [2.24, 2.45) is 0 Å². The minimum atomic E-state index is -0.343. The summed E-state index contributed by atoms with van der Waals surface area (Å²) in [4.78, 5) is 24.4. The van der Waals surface area contributed by atoms with Gasteiger partial charge < -0.3 is 15.4 Å². The van der Waals surface area contributed by atoms with Gasteiger partial charge in [-0.25, -0.2) is 0 Å². The van der Waals surface area contributed by atoms with E-state index >= 15 is 0 Å². The Balaban J connectivity index is 2.21. The van der Waals surface area contributed by atoms with Gasteiger partial charge in [-0.15, -0.1) is 6.42 Å². The third-order valence-corrected chi connectivity index (χ3v) is 3.10. The Morgan fingerprint density at radius 2 is 1.91 bits per heavy atom. The average Bonchev–Trinajstić information content (AvgIpc) is 2.60. The number of methoxy groups -OCH3 is 1. The standard InChI is InChI=1S/C18H16N2O3/c1-3-11-19-18(22)15-9-4-5-10-16(15)20-17(21)13-7-6-8-14(12-13)23-2/h1,4-10,12H,11H2,2H3,(H,19,22)(H,20,21). The fraction of sp³-hybridized carbons (Fsp3) is 0.111. The van der Waals surface area contributed by atoms with Crippen LogP contribution >= 0.6 is 0 Å². The summed E-state index contributed by atoms with van der Waals surface area (Å²) in [6.07, 6.45) is 5.13. The highest BCUT2D eigenvalue weighted by atomic mass is 16.5. The molecule has 2 aromatic rings. The van der Waals surface area contributed by atoms with Crippen LogP contribution in [0, 0.1) is 12.3 Å². The van der Waals surface area contributed by atoms with Crippen LogP contribution < -0.4 is 15.4 Å². The minimum absolute atomic E-state index is 0.122. The SMILES string of the molecule is C#CCNC(=O)c1ccccc1NC(=O)c1cccc(OC)c1. The fourth-order valence-electron chi connectivity index (χ4n) is 1.98. The summed E-state index contributed by atoms with van der Waals surface area (Å²) in [5.74, 6) is 2.24. The van der Waals surface area contributed by atoms with E-state index in [0.717, 1.165) is 0 Å². The van der Waals surface area contributed by atoms with Crippen molar-refractivity contribution in [2.45, 2.75) is 0 Å². The zero-order valence-electron chi connectivity index (χ0n) is 12.6. The van der Waals surface area contributed by atoms with Crippen LogP contribution in [-0.2, 0) is 0 Å². The molecule has 0 saturated heterocycles. The van der Waals surface area contributed by atoms with E-state index in [2.05, 4.69) is 16.6 Å². The molecule has 0 unspecified atom stereocenters. The van der Waals surface area contributed by atoms with Crippen LogP contribution in [0.5, 0.6) is 5.75 Å². The second kappa shape index (κ2) is 7.66. The van der Waals surface area contributed by atoms with Gasteiger partial charge in [0.15, 0.2) is 0 Å². The lowest BCUT2D eigenvalue weighted by molar-refractivity contribution is 0.0959. The molecular formula is C18H16N2O3. The van der Waals surface area contributed by atoms with Gasteiger partial charge in [-0.3, -0.25) is 9.59 Å². The van der Waals surface area contributed by atoms with Crippen molar-refractivity contribution < 1.29 is 14.3 Å². The quantitative estimate of drug-likeness (QED) is 0.833. The maximum Gasteiger partial charge on any atom is 0.255 e. The predicted molar refractivity (Wildman–Crippen MR) is 88.6 cm³/mol. The van der Waals surface area contributed by atoms with Crippen molar-refractivity contribution >= 4 is 17.5 Å². The zero-order valence-corrected chi connectivity index (χ0v) is 12.6. The largest absolute Gasteiger partial charge is 0.497 e. The van der Waals surface area contributed by atoms with E-state index < -0.39 is 0 Å². The molecule has 2 N–H and O–H groups in total. The molecule has 0 aliphatic heterocycles. The molecule has 0 bridgehead atoms. The number of rotatable bonds is 5. The van der Waals surface area contributed by atoms with Gasteiger partial charge >= 0.3 is 0 Å². The summed E-state index contributed by atoms with van der Waals surface area (Å²) in [5, 5.41) is 5.30. The number of terminal acetylenes is 1. The number of para-hydroxylation sites is 1. The topological polar surface area (TPSA) is 67.4 Å². The molecule has 0 fully saturated rings. The van der Waals surface area contributed by atoms with E-state index in [1.165, 1.54) is 7.11 Å². The van der Waals surface area contributed by atoms with E-state index in [9.17, 15) is 9.59 Å². The molecule has 0 atom stereocenters. The molecule has 0 aliphatic rings. The van der Waals surface area contributed by atoms with E-state index in [-0.39, 0.29) is 18.4 Å². The average molecular weight is 308 g/mol. The first kappa shape index (κ1) is 16.1. The number of hydrogen-bond acceptors (Lipinski definition) is 3. The first-order chi connectivity index (χ1) is 11.2. The third kappa shape index (κ3) is 4.11. The second-order valence-electron chi connectivity index (χ2n) is 4.62. The first-order valence-electron chi connectivity index (χ1n) is 6.92. The number of amides is 2. The molecule has 5 nitrogen and oxygen atoms in total. The lowest BCUT2D eigenvalue weighted by Gasteiger charge is -2.11. The van der Waals surface area contributed by atoms with Crippen LogP contribution in [0.25, 0.3) is 0 Å². The predicted octanol–water partition coefficient (Wildman–Crippen LogP) is 2.31. The first-order valence-corrected chi connectivity index (χ1v) is 6.92. The summed E-state index contributed by atoms with van der Waals surface area (Å²) in [5.41, 5.74) is 1.19. The summed E-state index contributed by atoms with van der Waals surface area (Å²) >= 11 is 0. The molecule has 0 saturated carbocycles. The molecule has 5 heteroatoms. The van der Waals surface area contributed by atoms with Gasteiger partial charge in [-0.2, -0.15) is 0 Å². The summed E-state index contributed by atoms with van der Waals surface area (Å²) in [7, 11) is 1.53. The number of ether oxygens (including phenoxy) is 1. The van der Waals surface area contributed by atoms with Crippen LogP contribution in [0.15, 0.2) is 48.5 Å². The van der Waals surface area contributed by atoms with Gasteiger partial charge in [0.05, 0.1) is 24.9 Å². The Morgan fingerprint density at radius 1 is 1.13 bits per heavy atom. The molecule has 2 amide bonds. The van der Waals surface area contributed by atoms with Gasteiger partial charge in [0, 0.05) is 5.56 Å². The number of hydrogen-bond donors (Lipinski definition) is 2. The maximum absolute atomic E-state index is 12.3. The highest BCUT2D eigenvalue weighted by Gasteiger charge is 2.13. The molecule has 0 aromatic heterocycles. The van der Waals surface area contributed by atoms with Gasteiger partial charge in [0.2, 0.25) is 0 Å². The molecule has 23 heavy (non-hydrogen) atoms. The lowest BCUT2D eigenvalue weighted by Crippen LogP contribution is -2.25. The molecule has 2 rings (SSSR count). The fourth-order valence-corrected chi connectivity index (χ4v) is 1.98. The van der Waals surface area contributed by atoms with E-state index in [4.69, 9.17) is 11.2 Å². The van der Waals surface area contributed by atoms with Gasteiger partial charge in [0.1, 0.15) is 5.75 Å². The molecule has 0 radical (unpaired) electrons. The molecule has 0 spiro atoms. The summed E-state index contributed by atoms with van der Waals surface area (Å²) in [6, 6.07) is 13.5. The Bertz CT molecular complexity index is 763. The van der Waals surface area contributed by atoms with Crippen molar-refractivity contribution in [3.63, 3.8) is 0 Å². The highest BCUT2D eigenvalue weighted by molar-refractivity contribution is 6.09. The molecule has 0 aliphatic carbocycles. The number of benzene rings is 2. The summed E-state index contributed by atoms with van der Waals surface area (Å²) in [6.45, 7) is 0.122. The van der Waals surface area contributed by atoms with Crippen molar-refractivity contribution in [3.8, 4) is 18.1 Å². The van der Waals surface area contributed by atoms with Crippen molar-refractivity contribution in [3.05, 3.63) is 59.7 Å². The minimum Gasteiger partial charge on any atom is -0.497 e. The monoisotopic (exact) mass is 308 g/mol. The van der Waals surface area contributed by atoms with Crippen molar-refractivity contribution in [2.75, 3.05) is 19.0 Å². The van der Waals surface area contributed by atoms with Crippen LogP contribution in [0.1, 0.15) is 20.7 Å². The Labute approximate surface area is 134 Å². The number of nitrogens with one attached hydrogen (secondary N) is 2. The van der Waals surface area contributed by atoms with Gasteiger partial charge in [-0.05, 0) is 30.3 Å². The van der Waals surface area contributed by atoms with Crippen LogP contribution in [0.4, 0.5) is 5.69 Å². The number of carbonyl (C=O) groups is 2. The summed E-state index contributed by atoms with van der Waals surface area (Å²) < 4.78 is 5.10. The normalized spacial score (nSPS) is 9.57. The van der Waals surface area contributed by atoms with E-state index in [0.29, 0.717) is 22.6 Å². The Kier molecular flexibility index (Phi) is 5.37. The van der Waals surface area contributed by atoms with E-state index in [1.54, 1.807) is 48.5 Å². The zero-order chi connectivity index (χ0) is 16.7. The lowest BCUT2D eigenvalue weighted by atomic mass is 10.1. The third-order valence-electron chi connectivity index (χ3n) is 3.10. The van der Waals surface area contributed by atoms with Crippen LogP contribution in [0.3, 0.4) is 0 Å². The smallest absolute Gasteiger partial charge is 0.255 e. The maximum atomic E-state index is 12.3. The van der Waals surface area contributed by atoms with Gasteiger partial charge in [0.25, 0.3) is 11.8 Å². The number of carbonyl (C=O) groups excluding carboxylic acids is 2. The molecular weight excluding hydrogens is 292 g/mol. The van der Waals surface area contributed by atoms with Crippen LogP contribution in [-0.4, -0.2) is 25.5 Å². The molecule has 2 aromatic carbocycles. The second-order valence-corrected chi connectivity index (χ2v) is 4.62. The van der Waals surface area contributed by atoms with Gasteiger partial charge in [-0.1, -0.05) is 24.1 Å². The van der Waals surface area contributed by atoms with Crippen molar-refractivity contribution in [1.29, 1.82) is 0 Å². The van der Waals surface area contributed by atoms with E-state index in [1.807, 2.05) is 0 Å². The molecule has 116 valence electrons. The Morgan fingerprint density at radius 3 is 2.65 bits per heavy atom. The number of anilines is 1. The van der Waals surface area contributed by atoms with Crippen molar-refractivity contribution in [1.82, 2.24) is 5.32 Å².